The van der Waals surface area contributed by atoms with Gasteiger partial charge in [-0.2, -0.15) is 0 Å². The maximum Gasteiger partial charge on any atom is 0.347 e. The molecule has 0 aliphatic carbocycles. The molecule has 0 bridgehead atoms. The van der Waals surface area contributed by atoms with Gasteiger partial charge >= 0.3 is 12.0 Å². The van der Waals surface area contributed by atoms with Crippen molar-refractivity contribution in [2.45, 2.75) is 13.5 Å². The minimum absolute atomic E-state index is 0.148. The zero-order valence-corrected chi connectivity index (χ0v) is 12.6. The van der Waals surface area contributed by atoms with Crippen LogP contribution in [0.4, 0.5) is 10.5 Å². The summed E-state index contributed by atoms with van der Waals surface area (Å²) in [5.74, 6) is -1.02. The van der Waals surface area contributed by atoms with Gasteiger partial charge in [-0.05, 0) is 19.1 Å². The predicted octanol–water partition coefficient (Wildman–Crippen LogP) is 3.12. The molecule has 8 heteroatoms. The summed E-state index contributed by atoms with van der Waals surface area (Å²) >= 11 is 6.97. The van der Waals surface area contributed by atoms with E-state index in [4.69, 9.17) is 16.7 Å². The Labute approximate surface area is 129 Å². The molecular weight excluding hydrogens is 314 g/mol. The lowest BCUT2D eigenvalue weighted by molar-refractivity contribution is 0.0701. The van der Waals surface area contributed by atoms with E-state index in [1.807, 2.05) is 0 Å². The lowest BCUT2D eigenvalue weighted by Gasteiger charge is -2.07. The van der Waals surface area contributed by atoms with Crippen LogP contribution < -0.4 is 10.6 Å². The summed E-state index contributed by atoms with van der Waals surface area (Å²) in [6.45, 7) is 1.77. The fourth-order valence-electron chi connectivity index (χ4n) is 1.61. The van der Waals surface area contributed by atoms with E-state index in [2.05, 4.69) is 15.6 Å². The van der Waals surface area contributed by atoms with E-state index in [9.17, 15) is 9.59 Å². The molecule has 0 radical (unpaired) electrons. The third-order valence-corrected chi connectivity index (χ3v) is 4.03. The van der Waals surface area contributed by atoms with Crippen molar-refractivity contribution in [1.82, 2.24) is 10.3 Å². The molecule has 21 heavy (non-hydrogen) atoms. The van der Waals surface area contributed by atoms with Gasteiger partial charge in [0.05, 0.1) is 22.9 Å². The number of carbonyl (C=O) groups excluding carboxylic acids is 1. The fraction of sp³-hybridized carbons (Fsp3) is 0.154. The Morgan fingerprint density at radius 2 is 2.10 bits per heavy atom. The standard InChI is InChI=1S/C13H12ClN3O3S/c1-7-11(12(18)19)21-10(16-7)6-15-13(20)17-9-5-3-2-4-8(9)14/h2-5H,6H2,1H3,(H,18,19)(H2,15,17,20). The number of hydrogen-bond acceptors (Lipinski definition) is 4. The molecule has 0 saturated carbocycles. The molecule has 0 spiro atoms. The molecule has 1 aromatic carbocycles. The summed E-state index contributed by atoms with van der Waals surface area (Å²) in [7, 11) is 0. The summed E-state index contributed by atoms with van der Waals surface area (Å²) in [5.41, 5.74) is 0.939. The molecule has 2 aromatic rings. The summed E-state index contributed by atoms with van der Waals surface area (Å²) in [5, 5.41) is 15.1. The van der Waals surface area contributed by atoms with Crippen molar-refractivity contribution in [1.29, 1.82) is 0 Å². The second-order valence-corrected chi connectivity index (χ2v) is 5.61. The molecule has 110 valence electrons. The number of hydrogen-bond donors (Lipinski definition) is 3. The third-order valence-electron chi connectivity index (χ3n) is 2.56. The highest BCUT2D eigenvalue weighted by atomic mass is 35.5. The number of amides is 2. The van der Waals surface area contributed by atoms with E-state index < -0.39 is 12.0 Å². The average Bonchev–Trinajstić information content (AvgIpc) is 2.80. The van der Waals surface area contributed by atoms with Crippen molar-refractivity contribution in [3.8, 4) is 0 Å². The topological polar surface area (TPSA) is 91.3 Å². The highest BCUT2D eigenvalue weighted by Crippen LogP contribution is 2.20. The second kappa shape index (κ2) is 6.55. The Balaban J connectivity index is 1.94. The van der Waals surface area contributed by atoms with Crippen molar-refractivity contribution >= 4 is 40.6 Å². The molecule has 2 rings (SSSR count). The van der Waals surface area contributed by atoms with Gasteiger partial charge in [0.15, 0.2) is 0 Å². The van der Waals surface area contributed by atoms with Crippen LogP contribution in [-0.2, 0) is 6.54 Å². The van der Waals surface area contributed by atoms with Crippen molar-refractivity contribution < 1.29 is 14.7 Å². The van der Waals surface area contributed by atoms with Crippen LogP contribution in [0.25, 0.3) is 0 Å². The number of benzene rings is 1. The zero-order valence-electron chi connectivity index (χ0n) is 11.0. The number of aryl methyl sites for hydroxylation is 1. The van der Waals surface area contributed by atoms with Crippen molar-refractivity contribution in [3.05, 3.63) is 44.9 Å². The first-order valence-corrected chi connectivity index (χ1v) is 7.16. The first kappa shape index (κ1) is 15.3. The largest absolute Gasteiger partial charge is 0.477 e. The fourth-order valence-corrected chi connectivity index (χ4v) is 2.64. The zero-order chi connectivity index (χ0) is 15.4. The first-order chi connectivity index (χ1) is 9.97. The lowest BCUT2D eigenvalue weighted by Crippen LogP contribution is -2.28. The number of para-hydroxylation sites is 1. The van der Waals surface area contributed by atoms with Crippen LogP contribution in [0.3, 0.4) is 0 Å². The van der Waals surface area contributed by atoms with Gasteiger partial charge in [-0.25, -0.2) is 14.6 Å². The van der Waals surface area contributed by atoms with Crippen molar-refractivity contribution in [2.24, 2.45) is 0 Å². The molecule has 1 heterocycles. The van der Waals surface area contributed by atoms with Crippen LogP contribution in [0.2, 0.25) is 5.02 Å². The summed E-state index contributed by atoms with van der Waals surface area (Å²) in [6, 6.07) is 6.42. The van der Waals surface area contributed by atoms with E-state index in [-0.39, 0.29) is 11.4 Å². The van der Waals surface area contributed by atoms with Gasteiger partial charge in [-0.3, -0.25) is 0 Å². The highest BCUT2D eigenvalue weighted by Gasteiger charge is 2.14. The van der Waals surface area contributed by atoms with Gasteiger partial charge < -0.3 is 15.7 Å². The Morgan fingerprint density at radius 1 is 1.38 bits per heavy atom. The summed E-state index contributed by atoms with van der Waals surface area (Å²) < 4.78 is 0. The molecular formula is C13H12ClN3O3S. The normalized spacial score (nSPS) is 10.2. The van der Waals surface area contributed by atoms with Crippen LogP contribution in [0.5, 0.6) is 0 Å². The number of nitrogens with one attached hydrogen (secondary N) is 2. The van der Waals surface area contributed by atoms with Gasteiger partial charge in [0.2, 0.25) is 0 Å². The molecule has 1 aromatic heterocycles. The van der Waals surface area contributed by atoms with E-state index in [1.165, 1.54) is 0 Å². The highest BCUT2D eigenvalue weighted by molar-refractivity contribution is 7.13. The molecule has 3 N–H and O–H groups in total. The third kappa shape index (κ3) is 3.93. The Hall–Kier alpha value is -2.12. The van der Waals surface area contributed by atoms with Gasteiger partial charge in [0, 0.05) is 0 Å². The van der Waals surface area contributed by atoms with Crippen LogP contribution >= 0.6 is 22.9 Å². The van der Waals surface area contributed by atoms with E-state index in [0.717, 1.165) is 11.3 Å². The molecule has 6 nitrogen and oxygen atoms in total. The number of rotatable bonds is 4. The molecule has 2 amide bonds. The lowest BCUT2D eigenvalue weighted by atomic mass is 10.3. The average molecular weight is 326 g/mol. The minimum atomic E-state index is -1.02. The first-order valence-electron chi connectivity index (χ1n) is 5.96. The minimum Gasteiger partial charge on any atom is -0.477 e. The van der Waals surface area contributed by atoms with Gasteiger partial charge in [0.1, 0.15) is 9.88 Å². The number of urea groups is 1. The number of carbonyl (C=O) groups is 2. The number of anilines is 1. The van der Waals surface area contributed by atoms with Gasteiger partial charge in [-0.1, -0.05) is 23.7 Å². The van der Waals surface area contributed by atoms with Crippen LogP contribution in [0.1, 0.15) is 20.4 Å². The van der Waals surface area contributed by atoms with Crippen molar-refractivity contribution in [2.75, 3.05) is 5.32 Å². The summed E-state index contributed by atoms with van der Waals surface area (Å²) in [6.07, 6.45) is 0. The molecule has 0 saturated heterocycles. The van der Waals surface area contributed by atoms with Gasteiger partial charge in [-0.15, -0.1) is 11.3 Å². The van der Waals surface area contributed by atoms with Crippen molar-refractivity contribution in [3.63, 3.8) is 0 Å². The number of nitrogens with zero attached hydrogens (tertiary/aromatic N) is 1. The number of thiazole rings is 1. The van der Waals surface area contributed by atoms with Gasteiger partial charge in [0.25, 0.3) is 0 Å². The molecule has 0 fully saturated rings. The quantitative estimate of drug-likeness (QED) is 0.805. The van der Waals surface area contributed by atoms with E-state index >= 15 is 0 Å². The van der Waals surface area contributed by atoms with Crippen LogP contribution in [0, 0.1) is 6.92 Å². The molecule has 0 aliphatic heterocycles. The summed E-state index contributed by atoms with van der Waals surface area (Å²) in [4.78, 5) is 26.9. The number of halogens is 1. The van der Waals surface area contributed by atoms with E-state index in [0.29, 0.717) is 21.4 Å². The predicted molar refractivity (Wildman–Crippen MR) is 81.1 cm³/mol. The van der Waals surface area contributed by atoms with Crippen LogP contribution in [-0.4, -0.2) is 22.1 Å². The molecule has 0 unspecified atom stereocenters. The number of carboxylic acids is 1. The van der Waals surface area contributed by atoms with E-state index in [1.54, 1.807) is 31.2 Å². The molecule has 0 aliphatic rings. The number of carboxylic acid groups (broad SMARTS) is 1. The SMILES string of the molecule is Cc1nc(CNC(=O)Nc2ccccc2Cl)sc1C(=O)O. The monoisotopic (exact) mass is 325 g/mol. The smallest absolute Gasteiger partial charge is 0.347 e. The van der Waals surface area contributed by atoms with Crippen LogP contribution in [0.15, 0.2) is 24.3 Å². The maximum absolute atomic E-state index is 11.7. The Kier molecular flexibility index (Phi) is 4.77. The number of aromatic carboxylic acids is 1. The number of aromatic nitrogens is 1. The Bertz CT molecular complexity index is 687. The Morgan fingerprint density at radius 3 is 2.71 bits per heavy atom. The maximum atomic E-state index is 11.7. The molecule has 0 atom stereocenters. The second-order valence-electron chi connectivity index (χ2n) is 4.11.